The molecule has 2 nitrogen and oxygen atoms in total. The van der Waals surface area contributed by atoms with Crippen LogP contribution in [0.25, 0.3) is 0 Å². The second kappa shape index (κ2) is 5.37. The molecule has 78 valence electrons. The molecule has 0 spiro atoms. The molecule has 14 heavy (non-hydrogen) atoms. The van der Waals surface area contributed by atoms with Crippen LogP contribution in [-0.2, 0) is 11.3 Å². The largest absolute Gasteiger partial charge is 0.351 e. The average molecular weight is 232 g/mol. The molecule has 0 saturated heterocycles. The van der Waals surface area contributed by atoms with Crippen LogP contribution in [-0.4, -0.2) is 11.8 Å². The van der Waals surface area contributed by atoms with E-state index in [0.717, 1.165) is 0 Å². The van der Waals surface area contributed by atoms with Gasteiger partial charge in [0, 0.05) is 21.6 Å². The molecule has 1 amide bonds. The molecule has 4 heteroatoms. The minimum atomic E-state index is -0.113. The fourth-order valence-corrected chi connectivity index (χ4v) is 1.97. The number of amides is 1. The van der Waals surface area contributed by atoms with Crippen molar-refractivity contribution in [3.63, 3.8) is 0 Å². The third-order valence-corrected chi connectivity index (χ3v) is 3.38. The van der Waals surface area contributed by atoms with Gasteiger partial charge in [-0.1, -0.05) is 6.92 Å². The van der Waals surface area contributed by atoms with Gasteiger partial charge in [-0.05, 0) is 19.1 Å². The molecule has 0 aliphatic heterocycles. The zero-order valence-corrected chi connectivity index (χ0v) is 9.91. The monoisotopic (exact) mass is 231 g/mol. The Hall–Kier alpha value is -0.540. The predicted molar refractivity (Wildman–Crippen MR) is 60.8 cm³/mol. The van der Waals surface area contributed by atoms with Crippen molar-refractivity contribution in [1.29, 1.82) is 0 Å². The Morgan fingerprint density at radius 2 is 2.36 bits per heavy atom. The first-order valence-corrected chi connectivity index (χ1v) is 5.87. The molecule has 0 aliphatic carbocycles. The summed E-state index contributed by atoms with van der Waals surface area (Å²) >= 11 is 7.28. The van der Waals surface area contributed by atoms with Gasteiger partial charge in [0.2, 0.25) is 5.91 Å². The predicted octanol–water partition coefficient (Wildman–Crippen LogP) is 2.55. The van der Waals surface area contributed by atoms with Crippen LogP contribution in [0, 0.1) is 12.8 Å². The van der Waals surface area contributed by atoms with Gasteiger partial charge in [-0.2, -0.15) is 0 Å². The first-order chi connectivity index (χ1) is 6.63. The number of carbonyl (C=O) groups is 1. The summed E-state index contributed by atoms with van der Waals surface area (Å²) in [4.78, 5) is 13.8. The van der Waals surface area contributed by atoms with E-state index < -0.39 is 0 Å². The maximum Gasteiger partial charge on any atom is 0.224 e. The van der Waals surface area contributed by atoms with E-state index in [0.29, 0.717) is 12.4 Å². The number of aryl methyl sites for hydroxylation is 1. The highest BCUT2D eigenvalue weighted by Gasteiger charge is 2.10. The summed E-state index contributed by atoms with van der Waals surface area (Å²) in [5.74, 6) is 0.277. The van der Waals surface area contributed by atoms with E-state index >= 15 is 0 Å². The number of thiophene rings is 1. The van der Waals surface area contributed by atoms with Crippen molar-refractivity contribution >= 4 is 28.8 Å². The molecule has 1 atom stereocenters. The number of hydrogen-bond donors (Lipinski definition) is 1. The van der Waals surface area contributed by atoms with Gasteiger partial charge in [-0.15, -0.1) is 22.9 Å². The molecule has 0 fully saturated rings. The Morgan fingerprint density at radius 3 is 2.86 bits per heavy atom. The fraction of sp³-hybridized carbons (Fsp3) is 0.500. The molecule has 0 radical (unpaired) electrons. The highest BCUT2D eigenvalue weighted by molar-refractivity contribution is 7.11. The zero-order chi connectivity index (χ0) is 10.6. The molecule has 1 N–H and O–H groups in total. The molecular formula is C10H14ClNOS. The molecule has 1 aromatic heterocycles. The maximum absolute atomic E-state index is 11.4. The van der Waals surface area contributed by atoms with Gasteiger partial charge in [-0.3, -0.25) is 4.79 Å². The normalized spacial score (nSPS) is 12.5. The summed E-state index contributed by atoms with van der Waals surface area (Å²) < 4.78 is 0. The Kier molecular flexibility index (Phi) is 4.42. The minimum Gasteiger partial charge on any atom is -0.351 e. The lowest BCUT2D eigenvalue weighted by atomic mass is 10.2. The van der Waals surface area contributed by atoms with Crippen molar-refractivity contribution in [2.24, 2.45) is 5.92 Å². The summed E-state index contributed by atoms with van der Waals surface area (Å²) in [7, 11) is 0. The van der Waals surface area contributed by atoms with Crippen molar-refractivity contribution < 1.29 is 4.79 Å². The minimum absolute atomic E-state index is 0.0195. The topological polar surface area (TPSA) is 29.1 Å². The molecule has 1 heterocycles. The van der Waals surface area contributed by atoms with Gasteiger partial charge >= 0.3 is 0 Å². The number of halogens is 1. The second-order valence-corrected chi connectivity index (χ2v) is 4.97. The number of alkyl halides is 1. The van der Waals surface area contributed by atoms with Crippen LogP contribution in [0.5, 0.6) is 0 Å². The highest BCUT2D eigenvalue weighted by Crippen LogP contribution is 2.14. The lowest BCUT2D eigenvalue weighted by molar-refractivity contribution is -0.124. The van der Waals surface area contributed by atoms with E-state index in [9.17, 15) is 4.79 Å². The van der Waals surface area contributed by atoms with E-state index in [1.165, 1.54) is 9.75 Å². The molecule has 1 aromatic rings. The standard InChI is InChI=1S/C10H14ClNOS/c1-7(5-11)10(13)12-6-9-4-3-8(2)14-9/h3-4,7H,5-6H2,1-2H3,(H,12,13). The quantitative estimate of drug-likeness (QED) is 0.793. The summed E-state index contributed by atoms with van der Waals surface area (Å²) in [6.07, 6.45) is 0. The van der Waals surface area contributed by atoms with Crippen LogP contribution < -0.4 is 5.32 Å². The van der Waals surface area contributed by atoms with Gasteiger partial charge in [0.1, 0.15) is 0 Å². The molecule has 0 bridgehead atoms. The first-order valence-electron chi connectivity index (χ1n) is 4.52. The molecule has 0 aromatic carbocycles. The van der Waals surface area contributed by atoms with Gasteiger partial charge in [-0.25, -0.2) is 0 Å². The van der Waals surface area contributed by atoms with Crippen molar-refractivity contribution in [3.8, 4) is 0 Å². The number of nitrogens with one attached hydrogen (secondary N) is 1. The van der Waals surface area contributed by atoms with Crippen molar-refractivity contribution in [2.45, 2.75) is 20.4 Å². The van der Waals surface area contributed by atoms with Crippen LogP contribution in [0.1, 0.15) is 16.7 Å². The Bertz CT molecular complexity index is 311. The van der Waals surface area contributed by atoms with E-state index in [1.807, 2.05) is 13.0 Å². The summed E-state index contributed by atoms with van der Waals surface area (Å²) in [6.45, 7) is 4.48. The summed E-state index contributed by atoms with van der Waals surface area (Å²) in [6, 6.07) is 4.09. The summed E-state index contributed by atoms with van der Waals surface area (Å²) in [5, 5.41) is 2.85. The van der Waals surface area contributed by atoms with Crippen LogP contribution in [0.2, 0.25) is 0 Å². The highest BCUT2D eigenvalue weighted by atomic mass is 35.5. The molecule has 0 aliphatic rings. The van der Waals surface area contributed by atoms with Crippen molar-refractivity contribution in [1.82, 2.24) is 5.32 Å². The fourth-order valence-electron chi connectivity index (χ4n) is 0.999. The van der Waals surface area contributed by atoms with Crippen LogP contribution in [0.3, 0.4) is 0 Å². The van der Waals surface area contributed by atoms with E-state index in [4.69, 9.17) is 11.6 Å². The van der Waals surface area contributed by atoms with E-state index in [-0.39, 0.29) is 11.8 Å². The van der Waals surface area contributed by atoms with E-state index in [1.54, 1.807) is 11.3 Å². The maximum atomic E-state index is 11.4. The average Bonchev–Trinajstić information content (AvgIpc) is 2.59. The van der Waals surface area contributed by atoms with Gasteiger partial charge < -0.3 is 5.32 Å². The Morgan fingerprint density at radius 1 is 1.64 bits per heavy atom. The molecule has 1 rings (SSSR count). The number of hydrogen-bond acceptors (Lipinski definition) is 2. The number of carbonyl (C=O) groups excluding carboxylic acids is 1. The van der Waals surface area contributed by atoms with Crippen molar-refractivity contribution in [3.05, 3.63) is 21.9 Å². The SMILES string of the molecule is Cc1ccc(CNC(=O)C(C)CCl)s1. The van der Waals surface area contributed by atoms with Gasteiger partial charge in [0.25, 0.3) is 0 Å². The van der Waals surface area contributed by atoms with Crippen molar-refractivity contribution in [2.75, 3.05) is 5.88 Å². The summed E-state index contributed by atoms with van der Waals surface area (Å²) in [5.41, 5.74) is 0. The van der Waals surface area contributed by atoms with E-state index in [2.05, 4.69) is 18.3 Å². The van der Waals surface area contributed by atoms with Gasteiger partial charge in [0.05, 0.1) is 6.54 Å². The van der Waals surface area contributed by atoms with Crippen LogP contribution in [0.15, 0.2) is 12.1 Å². The van der Waals surface area contributed by atoms with Gasteiger partial charge in [0.15, 0.2) is 0 Å². The third-order valence-electron chi connectivity index (χ3n) is 1.91. The zero-order valence-electron chi connectivity index (χ0n) is 8.34. The Labute approximate surface area is 93.3 Å². The molecular weight excluding hydrogens is 218 g/mol. The smallest absolute Gasteiger partial charge is 0.224 e. The second-order valence-electron chi connectivity index (χ2n) is 3.29. The lowest BCUT2D eigenvalue weighted by Crippen LogP contribution is -2.29. The van der Waals surface area contributed by atoms with Crippen LogP contribution in [0.4, 0.5) is 0 Å². The van der Waals surface area contributed by atoms with Crippen LogP contribution >= 0.6 is 22.9 Å². The molecule has 0 saturated carbocycles. The Balaban J connectivity index is 2.37. The lowest BCUT2D eigenvalue weighted by Gasteiger charge is -2.07. The number of rotatable bonds is 4. The first kappa shape index (κ1) is 11.5. The third kappa shape index (κ3) is 3.31. The molecule has 1 unspecified atom stereocenters.